The molecule has 1 aliphatic rings. The van der Waals surface area contributed by atoms with Crippen molar-refractivity contribution in [2.75, 3.05) is 12.3 Å². The van der Waals surface area contributed by atoms with E-state index in [9.17, 15) is 0 Å². The van der Waals surface area contributed by atoms with Crippen LogP contribution in [0.1, 0.15) is 29.3 Å². The molecule has 1 aromatic heterocycles. The first-order valence-corrected chi connectivity index (χ1v) is 8.22. The van der Waals surface area contributed by atoms with Crippen LogP contribution in [0.4, 0.5) is 0 Å². The van der Waals surface area contributed by atoms with Crippen molar-refractivity contribution in [1.29, 1.82) is 0 Å². The maximum atomic E-state index is 5.94. The third kappa shape index (κ3) is 2.73. The fourth-order valence-electron chi connectivity index (χ4n) is 2.49. The molecule has 100 valence electrons. The van der Waals surface area contributed by atoms with Gasteiger partial charge in [-0.1, -0.05) is 12.1 Å². The fourth-order valence-corrected chi connectivity index (χ4v) is 3.82. The van der Waals surface area contributed by atoms with Crippen LogP contribution in [0.15, 0.2) is 33.9 Å². The molecule has 2 heterocycles. The summed E-state index contributed by atoms with van der Waals surface area (Å²) in [6.07, 6.45) is 4.22. The van der Waals surface area contributed by atoms with Crippen LogP contribution in [0.2, 0.25) is 0 Å². The summed E-state index contributed by atoms with van der Waals surface area (Å²) in [7, 11) is 0. The Labute approximate surface area is 125 Å². The molecule has 0 spiro atoms. The summed E-state index contributed by atoms with van der Waals surface area (Å²) in [6.45, 7) is 0.561. The van der Waals surface area contributed by atoms with E-state index >= 15 is 0 Å². The number of imidazole rings is 1. The third-order valence-corrected chi connectivity index (χ3v) is 5.07. The Balaban J connectivity index is 1.95. The average Bonchev–Trinajstić information content (AvgIpc) is 2.86. The Bertz CT molecular complexity index is 582. The van der Waals surface area contributed by atoms with Crippen molar-refractivity contribution >= 4 is 27.7 Å². The van der Waals surface area contributed by atoms with Crippen molar-refractivity contribution in [3.05, 3.63) is 46.0 Å². The lowest BCUT2D eigenvalue weighted by molar-refractivity contribution is 0.758. The number of fused-ring (bicyclic) bond motifs is 1. The number of hydrogen-bond donors (Lipinski definition) is 2. The van der Waals surface area contributed by atoms with Crippen molar-refractivity contribution in [3.63, 3.8) is 0 Å². The molecule has 2 aromatic rings. The highest BCUT2D eigenvalue weighted by Gasteiger charge is 2.18. The molecule has 0 saturated heterocycles. The van der Waals surface area contributed by atoms with Gasteiger partial charge in [-0.2, -0.15) is 0 Å². The molecular weight excluding hydrogens is 322 g/mol. The monoisotopic (exact) mass is 337 g/mol. The fraction of sp³-hybridized carbons (Fsp3) is 0.357. The maximum absolute atomic E-state index is 5.94. The number of benzene rings is 1. The van der Waals surface area contributed by atoms with Crippen molar-refractivity contribution in [2.24, 2.45) is 5.73 Å². The third-order valence-electron chi connectivity index (χ3n) is 3.47. The van der Waals surface area contributed by atoms with Gasteiger partial charge in [0, 0.05) is 11.4 Å². The van der Waals surface area contributed by atoms with Gasteiger partial charge < -0.3 is 10.7 Å². The predicted octanol–water partition coefficient (Wildman–Crippen LogP) is 3.30. The molecule has 3 N–H and O–H groups in total. The molecule has 0 bridgehead atoms. The summed E-state index contributed by atoms with van der Waals surface area (Å²) in [5.41, 5.74) is 8.65. The number of hydrogen-bond acceptors (Lipinski definition) is 3. The van der Waals surface area contributed by atoms with Gasteiger partial charge in [-0.05, 0) is 51.7 Å². The SMILES string of the molecule is NCC(c1ccc2c(c1)CCCS2)c1ncc(Br)[nH]1. The number of nitrogens with one attached hydrogen (secondary N) is 1. The van der Waals surface area contributed by atoms with Gasteiger partial charge in [-0.25, -0.2) is 4.98 Å². The Morgan fingerprint density at radius 1 is 1.47 bits per heavy atom. The number of aromatic amines is 1. The van der Waals surface area contributed by atoms with Gasteiger partial charge in [0.1, 0.15) is 10.4 Å². The number of aromatic nitrogens is 2. The second kappa shape index (κ2) is 5.69. The van der Waals surface area contributed by atoms with Crippen LogP contribution < -0.4 is 5.73 Å². The van der Waals surface area contributed by atoms with Crippen LogP contribution in [0, 0.1) is 0 Å². The van der Waals surface area contributed by atoms with E-state index in [4.69, 9.17) is 5.73 Å². The lowest BCUT2D eigenvalue weighted by Gasteiger charge is -2.19. The number of nitrogens with two attached hydrogens (primary N) is 1. The van der Waals surface area contributed by atoms with E-state index in [1.165, 1.54) is 34.6 Å². The van der Waals surface area contributed by atoms with E-state index in [1.54, 1.807) is 6.20 Å². The number of halogens is 1. The van der Waals surface area contributed by atoms with Gasteiger partial charge >= 0.3 is 0 Å². The normalized spacial score (nSPS) is 16.1. The molecule has 1 aliphatic heterocycles. The van der Waals surface area contributed by atoms with E-state index in [-0.39, 0.29) is 5.92 Å². The van der Waals surface area contributed by atoms with Crippen LogP contribution in [0.5, 0.6) is 0 Å². The summed E-state index contributed by atoms with van der Waals surface area (Å²) >= 11 is 5.35. The molecule has 0 aliphatic carbocycles. The van der Waals surface area contributed by atoms with E-state index in [0.717, 1.165) is 10.4 Å². The van der Waals surface area contributed by atoms with Gasteiger partial charge in [-0.15, -0.1) is 11.8 Å². The maximum Gasteiger partial charge on any atom is 0.115 e. The first kappa shape index (κ1) is 13.2. The predicted molar refractivity (Wildman–Crippen MR) is 82.7 cm³/mol. The molecule has 1 atom stereocenters. The second-order valence-corrected chi connectivity index (χ2v) is 6.71. The zero-order valence-corrected chi connectivity index (χ0v) is 12.9. The van der Waals surface area contributed by atoms with Crippen LogP contribution in [0.25, 0.3) is 0 Å². The molecule has 3 rings (SSSR count). The van der Waals surface area contributed by atoms with Gasteiger partial charge in [0.15, 0.2) is 0 Å². The highest BCUT2D eigenvalue weighted by molar-refractivity contribution is 9.10. The number of thioether (sulfide) groups is 1. The van der Waals surface area contributed by atoms with E-state index < -0.39 is 0 Å². The second-order valence-electron chi connectivity index (χ2n) is 4.72. The molecule has 0 amide bonds. The minimum Gasteiger partial charge on any atom is -0.336 e. The highest BCUT2D eigenvalue weighted by Crippen LogP contribution is 2.33. The Hall–Kier alpha value is -0.780. The first-order chi connectivity index (χ1) is 9.28. The van der Waals surface area contributed by atoms with E-state index in [1.807, 2.05) is 11.8 Å². The summed E-state index contributed by atoms with van der Waals surface area (Å²) in [6, 6.07) is 6.72. The summed E-state index contributed by atoms with van der Waals surface area (Å²) in [4.78, 5) is 9.04. The molecule has 19 heavy (non-hydrogen) atoms. The van der Waals surface area contributed by atoms with Crippen LogP contribution in [0.3, 0.4) is 0 Å². The number of nitrogens with zero attached hydrogens (tertiary/aromatic N) is 1. The molecule has 1 unspecified atom stereocenters. The molecule has 1 aromatic carbocycles. The molecule has 3 nitrogen and oxygen atoms in total. The smallest absolute Gasteiger partial charge is 0.115 e. The standard InChI is InChI=1S/C14H16BrN3S/c15-13-8-17-14(18-13)11(7-16)9-3-4-12-10(6-9)2-1-5-19-12/h3-4,6,8,11H,1-2,5,7,16H2,(H,17,18). The van der Waals surface area contributed by atoms with Gasteiger partial charge in [0.2, 0.25) is 0 Å². The quantitative estimate of drug-likeness (QED) is 0.903. The zero-order valence-electron chi connectivity index (χ0n) is 10.5. The number of rotatable bonds is 3. The van der Waals surface area contributed by atoms with Crippen LogP contribution >= 0.6 is 27.7 Å². The largest absolute Gasteiger partial charge is 0.336 e. The number of aryl methyl sites for hydroxylation is 1. The minimum atomic E-state index is 0.142. The molecule has 0 radical (unpaired) electrons. The average molecular weight is 338 g/mol. The van der Waals surface area contributed by atoms with Gasteiger partial charge in [-0.3, -0.25) is 0 Å². The summed E-state index contributed by atoms with van der Waals surface area (Å²) in [5, 5.41) is 0. The van der Waals surface area contributed by atoms with Crippen molar-refractivity contribution in [2.45, 2.75) is 23.7 Å². The zero-order chi connectivity index (χ0) is 13.2. The number of H-pyrrole nitrogens is 1. The Kier molecular flexibility index (Phi) is 3.96. The topological polar surface area (TPSA) is 54.7 Å². The molecular formula is C14H16BrN3S. The van der Waals surface area contributed by atoms with Crippen LogP contribution in [-0.2, 0) is 6.42 Å². The van der Waals surface area contributed by atoms with Gasteiger partial charge in [0.05, 0.1) is 12.1 Å². The van der Waals surface area contributed by atoms with Crippen molar-refractivity contribution < 1.29 is 0 Å². The Morgan fingerprint density at radius 2 is 2.37 bits per heavy atom. The van der Waals surface area contributed by atoms with E-state index in [2.05, 4.69) is 44.1 Å². The molecule has 5 heteroatoms. The summed E-state index contributed by atoms with van der Waals surface area (Å²) in [5.74, 6) is 2.30. The summed E-state index contributed by atoms with van der Waals surface area (Å²) < 4.78 is 0.898. The molecule has 0 fully saturated rings. The van der Waals surface area contributed by atoms with Crippen LogP contribution in [-0.4, -0.2) is 22.3 Å². The molecule has 0 saturated carbocycles. The first-order valence-electron chi connectivity index (χ1n) is 6.44. The van der Waals surface area contributed by atoms with Crippen molar-refractivity contribution in [1.82, 2.24) is 9.97 Å². The highest BCUT2D eigenvalue weighted by atomic mass is 79.9. The van der Waals surface area contributed by atoms with Gasteiger partial charge in [0.25, 0.3) is 0 Å². The van der Waals surface area contributed by atoms with E-state index in [0.29, 0.717) is 6.54 Å². The lowest BCUT2D eigenvalue weighted by Crippen LogP contribution is -2.16. The lowest BCUT2D eigenvalue weighted by atomic mass is 9.95. The minimum absolute atomic E-state index is 0.142. The Morgan fingerprint density at radius 3 is 3.11 bits per heavy atom. The van der Waals surface area contributed by atoms with Crippen molar-refractivity contribution in [3.8, 4) is 0 Å².